The van der Waals surface area contributed by atoms with Crippen molar-refractivity contribution < 1.29 is 18.7 Å². The SMILES string of the molecule is COc1ccccc1NC(=O)C(=O)NCCc1csc2nc(-c3cccc(F)c3)nn12. The van der Waals surface area contributed by atoms with Gasteiger partial charge in [0.1, 0.15) is 11.6 Å². The Bertz CT molecular complexity index is 1250. The highest BCUT2D eigenvalue weighted by Crippen LogP contribution is 2.23. The molecule has 0 saturated heterocycles. The molecule has 2 aromatic carbocycles. The van der Waals surface area contributed by atoms with E-state index in [4.69, 9.17) is 4.74 Å². The van der Waals surface area contributed by atoms with E-state index in [1.54, 1.807) is 40.9 Å². The van der Waals surface area contributed by atoms with Crippen molar-refractivity contribution in [3.05, 3.63) is 65.4 Å². The molecule has 4 rings (SSSR count). The maximum atomic E-state index is 13.5. The molecule has 0 saturated carbocycles. The van der Waals surface area contributed by atoms with Crippen LogP contribution in [-0.4, -0.2) is 40.1 Å². The van der Waals surface area contributed by atoms with Gasteiger partial charge in [0.2, 0.25) is 4.96 Å². The van der Waals surface area contributed by atoms with E-state index in [0.717, 1.165) is 5.69 Å². The third kappa shape index (κ3) is 4.53. The normalized spacial score (nSPS) is 10.8. The summed E-state index contributed by atoms with van der Waals surface area (Å²) < 4.78 is 20.3. The lowest BCUT2D eigenvalue weighted by atomic mass is 10.2. The van der Waals surface area contributed by atoms with E-state index in [0.29, 0.717) is 34.2 Å². The molecule has 0 radical (unpaired) electrons. The fourth-order valence-electron chi connectivity index (χ4n) is 2.96. The number of nitrogens with zero attached hydrogens (tertiary/aromatic N) is 3. The summed E-state index contributed by atoms with van der Waals surface area (Å²) in [7, 11) is 1.48. The van der Waals surface area contributed by atoms with Gasteiger partial charge in [-0.15, -0.1) is 16.4 Å². The summed E-state index contributed by atoms with van der Waals surface area (Å²) in [6, 6.07) is 12.9. The molecule has 0 atom stereocenters. The van der Waals surface area contributed by atoms with Crippen LogP contribution in [0.3, 0.4) is 0 Å². The highest BCUT2D eigenvalue weighted by Gasteiger charge is 2.16. The number of anilines is 1. The van der Waals surface area contributed by atoms with Gasteiger partial charge in [-0.25, -0.2) is 8.91 Å². The van der Waals surface area contributed by atoms with Gasteiger partial charge < -0.3 is 15.4 Å². The van der Waals surface area contributed by atoms with Crippen molar-refractivity contribution in [1.29, 1.82) is 0 Å². The number of halogens is 1. The lowest BCUT2D eigenvalue weighted by Crippen LogP contribution is -2.36. The van der Waals surface area contributed by atoms with Gasteiger partial charge in [-0.1, -0.05) is 24.3 Å². The first kappa shape index (κ1) is 20.5. The molecule has 0 fully saturated rings. The van der Waals surface area contributed by atoms with E-state index in [9.17, 15) is 14.0 Å². The number of para-hydroxylation sites is 2. The number of rotatable bonds is 6. The predicted molar refractivity (Wildman–Crippen MR) is 115 cm³/mol. The van der Waals surface area contributed by atoms with E-state index in [-0.39, 0.29) is 12.4 Å². The maximum absolute atomic E-state index is 13.5. The summed E-state index contributed by atoms with van der Waals surface area (Å²) in [6.07, 6.45) is 0.444. The number of hydrogen-bond donors (Lipinski definition) is 2. The standard InChI is InChI=1S/C21H18FN5O3S/c1-30-17-8-3-2-7-16(17)24-20(29)19(28)23-10-9-15-12-31-21-25-18(26-27(15)21)13-5-4-6-14(22)11-13/h2-8,11-12H,9-10H2,1H3,(H,23,28)(H,24,29). The Labute approximate surface area is 180 Å². The van der Waals surface area contributed by atoms with Crippen molar-refractivity contribution in [3.63, 3.8) is 0 Å². The fraction of sp³-hybridized carbons (Fsp3) is 0.143. The van der Waals surface area contributed by atoms with Crippen LogP contribution in [0.1, 0.15) is 5.69 Å². The van der Waals surface area contributed by atoms with Crippen LogP contribution in [0.2, 0.25) is 0 Å². The summed E-state index contributed by atoms with van der Waals surface area (Å²) in [5.41, 5.74) is 1.82. The molecule has 0 unspecified atom stereocenters. The second kappa shape index (κ2) is 8.92. The molecule has 31 heavy (non-hydrogen) atoms. The quantitative estimate of drug-likeness (QED) is 0.450. The third-order valence-electron chi connectivity index (χ3n) is 4.46. The number of carbonyl (C=O) groups excluding carboxylic acids is 2. The molecular formula is C21H18FN5O3S. The minimum atomic E-state index is -0.783. The Balaban J connectivity index is 1.37. The van der Waals surface area contributed by atoms with Crippen LogP contribution in [0.25, 0.3) is 16.3 Å². The van der Waals surface area contributed by atoms with Gasteiger partial charge in [-0.05, 0) is 24.3 Å². The molecule has 2 amide bonds. The molecule has 0 aliphatic rings. The van der Waals surface area contributed by atoms with Crippen LogP contribution in [0.5, 0.6) is 5.75 Å². The molecule has 8 nitrogen and oxygen atoms in total. The third-order valence-corrected chi connectivity index (χ3v) is 5.33. The van der Waals surface area contributed by atoms with Gasteiger partial charge in [-0.2, -0.15) is 4.98 Å². The molecule has 4 aromatic rings. The van der Waals surface area contributed by atoms with Crippen molar-refractivity contribution in [3.8, 4) is 17.1 Å². The van der Waals surface area contributed by atoms with Crippen LogP contribution >= 0.6 is 11.3 Å². The first-order valence-electron chi connectivity index (χ1n) is 9.36. The number of benzene rings is 2. The van der Waals surface area contributed by atoms with Crippen molar-refractivity contribution in [2.45, 2.75) is 6.42 Å². The number of nitrogens with one attached hydrogen (secondary N) is 2. The fourth-order valence-corrected chi connectivity index (χ4v) is 3.81. The van der Waals surface area contributed by atoms with E-state index in [2.05, 4.69) is 20.7 Å². The summed E-state index contributed by atoms with van der Waals surface area (Å²) in [4.78, 5) is 29.3. The Morgan fingerprint density at radius 1 is 1.16 bits per heavy atom. The number of fused-ring (bicyclic) bond motifs is 1. The van der Waals surface area contributed by atoms with Crippen molar-refractivity contribution in [1.82, 2.24) is 19.9 Å². The topological polar surface area (TPSA) is 97.6 Å². The lowest BCUT2D eigenvalue weighted by Gasteiger charge is -2.09. The monoisotopic (exact) mass is 439 g/mol. The molecule has 158 valence electrons. The summed E-state index contributed by atoms with van der Waals surface area (Å²) >= 11 is 1.39. The van der Waals surface area contributed by atoms with E-state index < -0.39 is 11.8 Å². The predicted octanol–water partition coefficient (Wildman–Crippen LogP) is 2.90. The van der Waals surface area contributed by atoms with Gasteiger partial charge in [0.05, 0.1) is 18.5 Å². The number of thiazole rings is 1. The van der Waals surface area contributed by atoms with Gasteiger partial charge in [0.15, 0.2) is 5.82 Å². The van der Waals surface area contributed by atoms with Crippen LogP contribution in [-0.2, 0) is 16.0 Å². The number of ether oxygens (including phenoxy) is 1. The largest absolute Gasteiger partial charge is 0.495 e. The molecular weight excluding hydrogens is 421 g/mol. The van der Waals surface area contributed by atoms with Crippen molar-refractivity contribution in [2.75, 3.05) is 19.0 Å². The summed E-state index contributed by atoms with van der Waals surface area (Å²) in [6.45, 7) is 0.235. The smallest absolute Gasteiger partial charge is 0.313 e. The number of aromatic nitrogens is 3. The second-order valence-electron chi connectivity index (χ2n) is 6.53. The highest BCUT2D eigenvalue weighted by molar-refractivity contribution is 7.15. The minimum absolute atomic E-state index is 0.235. The van der Waals surface area contributed by atoms with Crippen LogP contribution in [0.4, 0.5) is 10.1 Å². The lowest BCUT2D eigenvalue weighted by molar-refractivity contribution is -0.136. The molecule has 2 heterocycles. The van der Waals surface area contributed by atoms with Gasteiger partial charge in [0.25, 0.3) is 0 Å². The first-order valence-corrected chi connectivity index (χ1v) is 10.2. The molecule has 0 bridgehead atoms. The maximum Gasteiger partial charge on any atom is 0.313 e. The van der Waals surface area contributed by atoms with E-state index in [1.807, 2.05) is 5.38 Å². The molecule has 0 aliphatic heterocycles. The Morgan fingerprint density at radius 3 is 2.81 bits per heavy atom. The number of methoxy groups -OCH3 is 1. The average molecular weight is 439 g/mol. The zero-order valence-corrected chi connectivity index (χ0v) is 17.3. The summed E-state index contributed by atoms with van der Waals surface area (Å²) in [5, 5.41) is 11.4. The van der Waals surface area contributed by atoms with Gasteiger partial charge in [0, 0.05) is 23.9 Å². The van der Waals surface area contributed by atoms with Gasteiger partial charge >= 0.3 is 11.8 Å². The Morgan fingerprint density at radius 2 is 2.00 bits per heavy atom. The number of carbonyl (C=O) groups is 2. The molecule has 10 heteroatoms. The zero-order valence-electron chi connectivity index (χ0n) is 16.5. The van der Waals surface area contributed by atoms with Crippen LogP contribution in [0.15, 0.2) is 53.9 Å². The molecule has 2 N–H and O–H groups in total. The number of amides is 2. The minimum Gasteiger partial charge on any atom is -0.495 e. The van der Waals surface area contributed by atoms with E-state index in [1.165, 1.54) is 30.6 Å². The van der Waals surface area contributed by atoms with Crippen molar-refractivity contribution >= 4 is 33.8 Å². The molecule has 0 aliphatic carbocycles. The van der Waals surface area contributed by atoms with Crippen molar-refractivity contribution in [2.24, 2.45) is 0 Å². The number of hydrogen-bond acceptors (Lipinski definition) is 6. The zero-order chi connectivity index (χ0) is 21.8. The summed E-state index contributed by atoms with van der Waals surface area (Å²) in [5.74, 6) is -1.01. The second-order valence-corrected chi connectivity index (χ2v) is 7.36. The Kier molecular flexibility index (Phi) is 5.89. The average Bonchev–Trinajstić information content (AvgIpc) is 3.36. The molecule has 0 spiro atoms. The Hall–Kier alpha value is -3.79. The first-order chi connectivity index (χ1) is 15.0. The highest BCUT2D eigenvalue weighted by atomic mass is 32.1. The van der Waals surface area contributed by atoms with Crippen LogP contribution < -0.4 is 15.4 Å². The van der Waals surface area contributed by atoms with Gasteiger partial charge in [-0.3, -0.25) is 9.59 Å². The molecule has 2 aromatic heterocycles. The van der Waals surface area contributed by atoms with Crippen LogP contribution in [0, 0.1) is 5.82 Å². The van der Waals surface area contributed by atoms with E-state index >= 15 is 0 Å².